The molecule has 1 heterocycles. The smallest absolute Gasteiger partial charge is 0.255 e. The van der Waals surface area contributed by atoms with Gasteiger partial charge in [-0.2, -0.15) is 0 Å². The van der Waals surface area contributed by atoms with E-state index >= 15 is 0 Å². The third-order valence-corrected chi connectivity index (χ3v) is 9.66. The van der Waals surface area contributed by atoms with Crippen LogP contribution in [-0.4, -0.2) is 31.0 Å². The minimum atomic E-state index is -0.625. The highest BCUT2D eigenvalue weighted by molar-refractivity contribution is 7.14. The lowest BCUT2D eigenvalue weighted by molar-refractivity contribution is -0.126. The number of anilines is 2. The van der Waals surface area contributed by atoms with Crippen molar-refractivity contribution in [3.05, 3.63) is 124 Å². The molecule has 0 fully saturated rings. The summed E-state index contributed by atoms with van der Waals surface area (Å²) in [5.74, 6) is 1.01. The molecule has 1 unspecified atom stereocenters. The summed E-state index contributed by atoms with van der Waals surface area (Å²) in [5.41, 5.74) is 7.01. The standard InChI is InChI=1S/C36H31N3O4S/c1-36(19-30-26-11-4-6-13-28(26)32(36)29-14-7-5-12-27(29)30)34(41)39-35-38-31(20-44-35)21-9-8-10-22(15-21)33(40)37-23-16-24(42-2)18-25(17-23)43-3/h4-18,20,30,32H,19H2,1-3H3,(H,37,40)(H,38,39,41). The van der Waals surface area contributed by atoms with E-state index in [1.165, 1.54) is 33.6 Å². The first-order valence-electron chi connectivity index (χ1n) is 14.5. The van der Waals surface area contributed by atoms with Gasteiger partial charge in [-0.1, -0.05) is 60.7 Å². The zero-order valence-electron chi connectivity index (χ0n) is 24.6. The number of hydrogen-bond acceptors (Lipinski definition) is 6. The predicted octanol–water partition coefficient (Wildman–Crippen LogP) is 7.71. The van der Waals surface area contributed by atoms with E-state index in [1.807, 2.05) is 17.5 Å². The van der Waals surface area contributed by atoms with Crippen molar-refractivity contribution in [3.8, 4) is 22.8 Å². The Morgan fingerprint density at radius 3 is 2.09 bits per heavy atom. The summed E-state index contributed by atoms with van der Waals surface area (Å²) < 4.78 is 10.6. The molecule has 44 heavy (non-hydrogen) atoms. The topological polar surface area (TPSA) is 89.6 Å². The minimum absolute atomic E-state index is 0.0285. The molecule has 3 aliphatic carbocycles. The van der Waals surface area contributed by atoms with Gasteiger partial charge in [-0.25, -0.2) is 4.98 Å². The number of hydrogen-bond donors (Lipinski definition) is 2. The maximum atomic E-state index is 14.0. The first kappa shape index (κ1) is 27.9. The fraction of sp³-hybridized carbons (Fsp3) is 0.194. The lowest BCUT2D eigenvalue weighted by atomic mass is 9.52. The van der Waals surface area contributed by atoms with E-state index in [2.05, 4.69) is 66.1 Å². The van der Waals surface area contributed by atoms with Gasteiger partial charge in [-0.05, 0) is 47.7 Å². The molecule has 8 rings (SSSR count). The van der Waals surface area contributed by atoms with Crippen LogP contribution in [0.15, 0.2) is 96.4 Å². The highest BCUT2D eigenvalue weighted by atomic mass is 32.1. The number of carbonyl (C=O) groups is 2. The molecule has 2 amide bonds. The van der Waals surface area contributed by atoms with Gasteiger partial charge in [0.2, 0.25) is 5.91 Å². The van der Waals surface area contributed by atoms with Gasteiger partial charge in [0, 0.05) is 52.2 Å². The molecule has 0 saturated carbocycles. The minimum Gasteiger partial charge on any atom is -0.497 e. The van der Waals surface area contributed by atoms with Crippen molar-refractivity contribution in [2.24, 2.45) is 5.41 Å². The SMILES string of the molecule is COc1cc(NC(=O)c2cccc(-c3csc(NC(=O)C4(C)CC5c6ccccc6C4c4ccccc45)n3)c2)cc(OC)c1. The molecule has 0 spiro atoms. The molecular formula is C36H31N3O4S. The zero-order valence-corrected chi connectivity index (χ0v) is 25.4. The molecule has 5 aromatic rings. The van der Waals surface area contributed by atoms with Crippen molar-refractivity contribution in [2.45, 2.75) is 25.2 Å². The van der Waals surface area contributed by atoms with Gasteiger partial charge in [0.05, 0.1) is 25.3 Å². The second-order valence-electron chi connectivity index (χ2n) is 11.5. The fourth-order valence-electron chi connectivity index (χ4n) is 6.80. The number of rotatable bonds is 7. The Hall–Kier alpha value is -4.95. The summed E-state index contributed by atoms with van der Waals surface area (Å²) >= 11 is 1.38. The van der Waals surface area contributed by atoms with Crippen LogP contribution in [0.5, 0.6) is 11.5 Å². The highest BCUT2D eigenvalue weighted by Gasteiger charge is 2.54. The average Bonchev–Trinajstić information content (AvgIpc) is 3.53. The lowest BCUT2D eigenvalue weighted by Gasteiger charge is -2.50. The van der Waals surface area contributed by atoms with Crippen molar-refractivity contribution in [2.75, 3.05) is 24.9 Å². The Balaban J connectivity index is 1.11. The van der Waals surface area contributed by atoms with E-state index in [0.717, 1.165) is 12.0 Å². The zero-order chi connectivity index (χ0) is 30.4. The molecule has 7 nitrogen and oxygen atoms in total. The molecular weight excluding hydrogens is 570 g/mol. The van der Waals surface area contributed by atoms with Crippen LogP contribution in [-0.2, 0) is 4.79 Å². The maximum absolute atomic E-state index is 14.0. The molecule has 8 heteroatoms. The van der Waals surface area contributed by atoms with Gasteiger partial charge in [-0.3, -0.25) is 9.59 Å². The third-order valence-electron chi connectivity index (χ3n) is 8.90. The van der Waals surface area contributed by atoms with E-state index in [-0.39, 0.29) is 23.7 Å². The molecule has 2 bridgehead atoms. The number of fused-ring (bicyclic) bond motifs is 1. The third kappa shape index (κ3) is 4.72. The number of benzene rings is 4. The van der Waals surface area contributed by atoms with Gasteiger partial charge in [0.15, 0.2) is 5.13 Å². The summed E-state index contributed by atoms with van der Waals surface area (Å²) in [7, 11) is 3.12. The number of carbonyl (C=O) groups excluding carboxylic acids is 2. The predicted molar refractivity (Wildman–Crippen MR) is 173 cm³/mol. The van der Waals surface area contributed by atoms with Crippen LogP contribution in [0.1, 0.15) is 57.8 Å². The Bertz CT molecular complexity index is 1850. The monoisotopic (exact) mass is 601 g/mol. The quantitative estimate of drug-likeness (QED) is 0.200. The van der Waals surface area contributed by atoms with Crippen molar-refractivity contribution in [3.63, 3.8) is 0 Å². The molecule has 1 aromatic heterocycles. The van der Waals surface area contributed by atoms with E-state index in [0.29, 0.717) is 33.6 Å². The van der Waals surface area contributed by atoms with Crippen molar-refractivity contribution >= 4 is 34.0 Å². The number of methoxy groups -OCH3 is 2. The number of amides is 2. The van der Waals surface area contributed by atoms with Crippen LogP contribution >= 0.6 is 11.3 Å². The van der Waals surface area contributed by atoms with Gasteiger partial charge in [0.1, 0.15) is 11.5 Å². The summed E-state index contributed by atoms with van der Waals surface area (Å²) in [5, 5.41) is 8.49. The van der Waals surface area contributed by atoms with Crippen LogP contribution in [0.3, 0.4) is 0 Å². The second-order valence-corrected chi connectivity index (χ2v) is 12.4. The first-order chi connectivity index (χ1) is 21.4. The number of thiazole rings is 1. The Labute approximate surface area is 259 Å². The molecule has 0 radical (unpaired) electrons. The van der Waals surface area contributed by atoms with Crippen LogP contribution in [0.4, 0.5) is 10.8 Å². The van der Waals surface area contributed by atoms with Gasteiger partial charge in [-0.15, -0.1) is 11.3 Å². The van der Waals surface area contributed by atoms with Crippen molar-refractivity contribution < 1.29 is 19.1 Å². The largest absolute Gasteiger partial charge is 0.497 e. The molecule has 220 valence electrons. The average molecular weight is 602 g/mol. The van der Waals surface area contributed by atoms with E-state index in [1.54, 1.807) is 44.6 Å². The first-order valence-corrected chi connectivity index (χ1v) is 15.4. The maximum Gasteiger partial charge on any atom is 0.255 e. The van der Waals surface area contributed by atoms with E-state index < -0.39 is 5.41 Å². The summed E-state index contributed by atoms with van der Waals surface area (Å²) in [6, 6.07) is 29.5. The van der Waals surface area contributed by atoms with Crippen LogP contribution in [0.2, 0.25) is 0 Å². The van der Waals surface area contributed by atoms with Crippen LogP contribution < -0.4 is 20.1 Å². The number of aromatic nitrogens is 1. The molecule has 0 saturated heterocycles. The van der Waals surface area contributed by atoms with Crippen LogP contribution in [0, 0.1) is 5.41 Å². The lowest BCUT2D eigenvalue weighted by Crippen LogP contribution is -2.47. The van der Waals surface area contributed by atoms with Gasteiger partial charge in [0.25, 0.3) is 5.91 Å². The number of ether oxygens (including phenoxy) is 2. The Morgan fingerprint density at radius 1 is 0.818 bits per heavy atom. The summed E-state index contributed by atoms with van der Waals surface area (Å²) in [4.78, 5) is 31.9. The highest BCUT2D eigenvalue weighted by Crippen LogP contribution is 2.61. The normalized spacial score (nSPS) is 19.4. The summed E-state index contributed by atoms with van der Waals surface area (Å²) in [6.45, 7) is 2.08. The Morgan fingerprint density at radius 2 is 1.45 bits per heavy atom. The second kappa shape index (κ2) is 11.0. The van der Waals surface area contributed by atoms with Gasteiger partial charge < -0.3 is 20.1 Å². The fourth-order valence-corrected chi connectivity index (χ4v) is 7.51. The molecule has 4 aromatic carbocycles. The van der Waals surface area contributed by atoms with Gasteiger partial charge >= 0.3 is 0 Å². The van der Waals surface area contributed by atoms with E-state index in [9.17, 15) is 9.59 Å². The number of nitrogens with one attached hydrogen (secondary N) is 2. The number of nitrogens with zero attached hydrogens (tertiary/aromatic N) is 1. The molecule has 0 aliphatic heterocycles. The van der Waals surface area contributed by atoms with Crippen LogP contribution in [0.25, 0.3) is 11.3 Å². The molecule has 2 N–H and O–H groups in total. The summed E-state index contributed by atoms with van der Waals surface area (Å²) in [6.07, 6.45) is 0.742. The van der Waals surface area contributed by atoms with Crippen molar-refractivity contribution in [1.82, 2.24) is 4.98 Å². The molecule has 1 atom stereocenters. The molecule has 3 aliphatic rings. The van der Waals surface area contributed by atoms with Crippen molar-refractivity contribution in [1.29, 1.82) is 0 Å². The Kier molecular flexibility index (Phi) is 6.94. The van der Waals surface area contributed by atoms with E-state index in [4.69, 9.17) is 14.5 Å².